The number of anilines is 1. The van der Waals surface area contributed by atoms with E-state index >= 15 is 0 Å². The standard InChI is InChI=1S/C20H25ClN6O2/c1-20(2,3)19-24-17-16(18(25-19)27-8-6-15(29)14(27)10-28)23-11-26(17)9-13-12(21)5-4-7-22-13/h4-5,7,11,14-15,28-29H,6,8-10H2,1-3H3. The summed E-state index contributed by atoms with van der Waals surface area (Å²) < 4.78 is 1.91. The molecule has 0 saturated carbocycles. The van der Waals surface area contributed by atoms with Gasteiger partial charge in [0.1, 0.15) is 5.82 Å². The van der Waals surface area contributed by atoms with Crippen molar-refractivity contribution in [3.05, 3.63) is 41.2 Å². The molecule has 154 valence electrons. The number of nitrogens with zero attached hydrogens (tertiary/aromatic N) is 6. The Morgan fingerprint density at radius 1 is 1.24 bits per heavy atom. The van der Waals surface area contributed by atoms with Crippen LogP contribution in [-0.2, 0) is 12.0 Å². The Hall–Kier alpha value is -2.29. The van der Waals surface area contributed by atoms with E-state index in [1.54, 1.807) is 18.6 Å². The van der Waals surface area contributed by atoms with Gasteiger partial charge in [0.05, 0.1) is 42.3 Å². The summed E-state index contributed by atoms with van der Waals surface area (Å²) in [7, 11) is 0. The molecule has 1 aliphatic rings. The second-order valence-corrected chi connectivity index (χ2v) is 8.80. The fourth-order valence-electron chi connectivity index (χ4n) is 3.60. The second kappa shape index (κ2) is 7.51. The molecule has 3 aromatic heterocycles. The number of aliphatic hydroxyl groups excluding tert-OH is 2. The predicted molar refractivity (Wildman–Crippen MR) is 111 cm³/mol. The van der Waals surface area contributed by atoms with Gasteiger partial charge in [0.25, 0.3) is 0 Å². The Morgan fingerprint density at radius 2 is 2.03 bits per heavy atom. The van der Waals surface area contributed by atoms with Crippen molar-refractivity contribution in [2.24, 2.45) is 0 Å². The average Bonchev–Trinajstić information content (AvgIpc) is 3.25. The highest BCUT2D eigenvalue weighted by Crippen LogP contribution is 2.32. The molecule has 1 fully saturated rings. The molecule has 0 bridgehead atoms. The third-order valence-electron chi connectivity index (χ3n) is 5.24. The molecular weight excluding hydrogens is 392 g/mol. The van der Waals surface area contributed by atoms with Gasteiger partial charge in [0, 0.05) is 18.2 Å². The number of fused-ring (bicyclic) bond motifs is 1. The van der Waals surface area contributed by atoms with Crippen molar-refractivity contribution in [2.45, 2.75) is 51.3 Å². The van der Waals surface area contributed by atoms with Crippen LogP contribution < -0.4 is 4.90 Å². The van der Waals surface area contributed by atoms with Crippen molar-refractivity contribution < 1.29 is 10.2 Å². The summed E-state index contributed by atoms with van der Waals surface area (Å²) in [5.41, 5.74) is 1.77. The van der Waals surface area contributed by atoms with Crippen LogP contribution in [0.2, 0.25) is 5.02 Å². The quantitative estimate of drug-likeness (QED) is 0.672. The van der Waals surface area contributed by atoms with E-state index in [1.807, 2.05) is 15.5 Å². The Morgan fingerprint density at radius 3 is 2.72 bits per heavy atom. The highest BCUT2D eigenvalue weighted by molar-refractivity contribution is 6.31. The SMILES string of the molecule is CC(C)(C)c1nc(N2CCC(O)C2CO)c2ncn(Cc3ncccc3Cl)c2n1. The number of pyridine rings is 1. The van der Waals surface area contributed by atoms with Crippen molar-refractivity contribution in [3.63, 3.8) is 0 Å². The highest BCUT2D eigenvalue weighted by Gasteiger charge is 2.36. The van der Waals surface area contributed by atoms with E-state index in [0.29, 0.717) is 47.3 Å². The van der Waals surface area contributed by atoms with E-state index in [1.165, 1.54) is 0 Å². The van der Waals surface area contributed by atoms with Crippen LogP contribution in [0.1, 0.15) is 38.7 Å². The van der Waals surface area contributed by atoms with Crippen LogP contribution in [0, 0.1) is 0 Å². The Bertz CT molecular complexity index is 1030. The molecule has 1 aliphatic heterocycles. The number of hydrogen-bond acceptors (Lipinski definition) is 7. The van der Waals surface area contributed by atoms with E-state index in [0.717, 1.165) is 5.69 Å². The topological polar surface area (TPSA) is 100 Å². The molecule has 8 nitrogen and oxygen atoms in total. The van der Waals surface area contributed by atoms with Gasteiger partial charge in [-0.2, -0.15) is 0 Å². The van der Waals surface area contributed by atoms with Gasteiger partial charge in [-0.05, 0) is 18.6 Å². The normalized spacial score (nSPS) is 20.0. The van der Waals surface area contributed by atoms with E-state index in [9.17, 15) is 10.2 Å². The zero-order valence-electron chi connectivity index (χ0n) is 16.7. The molecule has 4 heterocycles. The second-order valence-electron chi connectivity index (χ2n) is 8.40. The molecule has 2 N–H and O–H groups in total. The van der Waals surface area contributed by atoms with E-state index < -0.39 is 12.1 Å². The molecule has 0 spiro atoms. The molecule has 4 rings (SSSR count). The molecule has 9 heteroatoms. The first kappa shape index (κ1) is 20.0. The molecule has 2 atom stereocenters. The maximum absolute atomic E-state index is 10.3. The minimum atomic E-state index is -0.600. The van der Waals surface area contributed by atoms with Crippen molar-refractivity contribution in [3.8, 4) is 0 Å². The summed E-state index contributed by atoms with van der Waals surface area (Å²) in [6, 6.07) is 3.20. The van der Waals surface area contributed by atoms with Crippen molar-refractivity contribution in [1.29, 1.82) is 0 Å². The Kier molecular flexibility index (Phi) is 5.18. The fraction of sp³-hybridized carbons (Fsp3) is 0.500. The van der Waals surface area contributed by atoms with Crippen molar-refractivity contribution in [2.75, 3.05) is 18.1 Å². The summed E-state index contributed by atoms with van der Waals surface area (Å²) in [5.74, 6) is 1.31. The van der Waals surface area contributed by atoms with Crippen molar-refractivity contribution in [1.82, 2.24) is 24.5 Å². The van der Waals surface area contributed by atoms with E-state index in [-0.39, 0.29) is 12.0 Å². The van der Waals surface area contributed by atoms with Gasteiger partial charge in [-0.1, -0.05) is 32.4 Å². The smallest absolute Gasteiger partial charge is 0.166 e. The fourth-order valence-corrected chi connectivity index (χ4v) is 3.78. The van der Waals surface area contributed by atoms with Gasteiger partial charge < -0.3 is 19.7 Å². The summed E-state index contributed by atoms with van der Waals surface area (Å²) in [6.07, 6.45) is 3.39. The lowest BCUT2D eigenvalue weighted by Crippen LogP contribution is -2.39. The third kappa shape index (κ3) is 3.68. The summed E-state index contributed by atoms with van der Waals surface area (Å²) >= 11 is 6.29. The summed E-state index contributed by atoms with van der Waals surface area (Å²) in [5, 5.41) is 20.7. The number of halogens is 1. The van der Waals surface area contributed by atoms with Crippen LogP contribution in [0.15, 0.2) is 24.7 Å². The van der Waals surface area contributed by atoms with Gasteiger partial charge in [0.2, 0.25) is 0 Å². The minimum Gasteiger partial charge on any atom is -0.394 e. The van der Waals surface area contributed by atoms with Crippen molar-refractivity contribution >= 4 is 28.6 Å². The van der Waals surface area contributed by atoms with Gasteiger partial charge in [-0.25, -0.2) is 15.0 Å². The van der Waals surface area contributed by atoms with Crippen LogP contribution in [0.25, 0.3) is 11.2 Å². The molecule has 0 aliphatic carbocycles. The van der Waals surface area contributed by atoms with Crippen LogP contribution in [-0.4, -0.2) is 60.0 Å². The molecule has 29 heavy (non-hydrogen) atoms. The first-order valence-electron chi connectivity index (χ1n) is 9.68. The molecule has 0 aromatic carbocycles. The van der Waals surface area contributed by atoms with Gasteiger partial charge in [-0.15, -0.1) is 0 Å². The van der Waals surface area contributed by atoms with Crippen LogP contribution in [0.4, 0.5) is 5.82 Å². The van der Waals surface area contributed by atoms with E-state index in [2.05, 4.69) is 30.7 Å². The number of imidazole rings is 1. The molecule has 3 aromatic rings. The first-order valence-corrected chi connectivity index (χ1v) is 10.1. The average molecular weight is 417 g/mol. The Labute approximate surface area is 174 Å². The summed E-state index contributed by atoms with van der Waals surface area (Å²) in [4.78, 5) is 20.5. The van der Waals surface area contributed by atoms with E-state index in [4.69, 9.17) is 21.6 Å². The first-order chi connectivity index (χ1) is 13.8. The zero-order chi connectivity index (χ0) is 20.8. The zero-order valence-corrected chi connectivity index (χ0v) is 17.5. The largest absolute Gasteiger partial charge is 0.394 e. The van der Waals surface area contributed by atoms with Crippen LogP contribution in [0.3, 0.4) is 0 Å². The molecule has 0 radical (unpaired) electrons. The number of rotatable bonds is 4. The lowest BCUT2D eigenvalue weighted by atomic mass is 9.95. The van der Waals surface area contributed by atoms with Gasteiger partial charge in [0.15, 0.2) is 17.0 Å². The molecule has 0 amide bonds. The Balaban J connectivity index is 1.86. The van der Waals surface area contributed by atoms with Gasteiger partial charge in [-0.3, -0.25) is 4.98 Å². The predicted octanol–water partition coefficient (Wildman–Crippen LogP) is 2.15. The maximum Gasteiger partial charge on any atom is 0.166 e. The highest BCUT2D eigenvalue weighted by atomic mass is 35.5. The van der Waals surface area contributed by atoms with Crippen LogP contribution in [0.5, 0.6) is 0 Å². The molecular formula is C20H25ClN6O2. The van der Waals surface area contributed by atoms with Crippen LogP contribution >= 0.6 is 11.6 Å². The summed E-state index contributed by atoms with van der Waals surface area (Å²) in [6.45, 7) is 7.04. The number of aliphatic hydroxyl groups is 2. The maximum atomic E-state index is 10.3. The monoisotopic (exact) mass is 416 g/mol. The minimum absolute atomic E-state index is 0.151. The lowest BCUT2D eigenvalue weighted by Gasteiger charge is -2.27. The third-order valence-corrected chi connectivity index (χ3v) is 5.58. The van der Waals surface area contributed by atoms with Gasteiger partial charge >= 0.3 is 0 Å². The molecule has 1 saturated heterocycles. The number of aromatic nitrogens is 5. The lowest BCUT2D eigenvalue weighted by molar-refractivity contribution is 0.128. The molecule has 2 unspecified atom stereocenters. The number of hydrogen-bond donors (Lipinski definition) is 2.